The molecule has 1 aliphatic rings. The molecule has 0 aromatic rings. The lowest BCUT2D eigenvalue weighted by Gasteiger charge is -2.35. The van der Waals surface area contributed by atoms with Gasteiger partial charge in [0.2, 0.25) is 0 Å². The van der Waals surface area contributed by atoms with Gasteiger partial charge in [0, 0.05) is 7.11 Å². The Balaban J connectivity index is 2.61. The van der Waals surface area contributed by atoms with E-state index >= 15 is 0 Å². The van der Waals surface area contributed by atoms with Crippen molar-refractivity contribution in [2.45, 2.75) is 45.8 Å². The number of rotatable bonds is 4. The van der Waals surface area contributed by atoms with Gasteiger partial charge in [-0.25, -0.2) is 0 Å². The predicted octanol–water partition coefficient (Wildman–Crippen LogP) is 1.29. The maximum atomic E-state index is 5.57. The second-order valence-corrected chi connectivity index (χ2v) is 5.05. The van der Waals surface area contributed by atoms with E-state index in [2.05, 4.69) is 26.2 Å². The Morgan fingerprint density at radius 3 is 2.15 bits per heavy atom. The smallest absolute Gasteiger partial charge is 0.0770 e. The zero-order valence-corrected chi connectivity index (χ0v) is 9.13. The van der Waals surface area contributed by atoms with E-state index in [-0.39, 0.29) is 17.6 Å². The molecule has 0 heterocycles. The van der Waals surface area contributed by atoms with Crippen molar-refractivity contribution in [3.8, 4) is 0 Å². The molecular weight excluding hydrogens is 164 g/mol. The minimum Gasteiger partial charge on any atom is -0.379 e. The van der Waals surface area contributed by atoms with Gasteiger partial charge in [-0.2, -0.15) is 0 Å². The molecule has 1 aliphatic carbocycles. The summed E-state index contributed by atoms with van der Waals surface area (Å²) in [6, 6.07) is 0.241. The Hall–Kier alpha value is -0.120. The highest BCUT2D eigenvalue weighted by Gasteiger charge is 2.41. The predicted molar refractivity (Wildman–Crippen MR) is 54.1 cm³/mol. The summed E-state index contributed by atoms with van der Waals surface area (Å²) in [5.74, 6) is 6.28. The molecule has 0 bridgehead atoms. The summed E-state index contributed by atoms with van der Waals surface area (Å²) in [5, 5.41) is 0. The van der Waals surface area contributed by atoms with E-state index in [1.807, 2.05) is 0 Å². The lowest BCUT2D eigenvalue weighted by molar-refractivity contribution is 0.0141. The first kappa shape index (κ1) is 11.0. The van der Waals surface area contributed by atoms with E-state index in [0.29, 0.717) is 5.92 Å². The third kappa shape index (κ3) is 2.66. The number of methoxy groups -OCH3 is 1. The van der Waals surface area contributed by atoms with Crippen molar-refractivity contribution in [2.24, 2.45) is 17.2 Å². The first-order valence-electron chi connectivity index (χ1n) is 4.99. The number of hydrazine groups is 1. The van der Waals surface area contributed by atoms with Crippen molar-refractivity contribution in [1.82, 2.24) is 5.43 Å². The van der Waals surface area contributed by atoms with E-state index in [9.17, 15) is 0 Å². The highest BCUT2D eigenvalue weighted by atomic mass is 16.5. The minimum atomic E-state index is 0.151. The van der Waals surface area contributed by atoms with Crippen molar-refractivity contribution in [1.29, 1.82) is 0 Å². The highest BCUT2D eigenvalue weighted by molar-refractivity contribution is 4.94. The quantitative estimate of drug-likeness (QED) is 0.514. The molecule has 0 spiro atoms. The molecule has 0 saturated heterocycles. The fourth-order valence-corrected chi connectivity index (χ4v) is 1.86. The normalized spacial score (nSPS) is 22.8. The van der Waals surface area contributed by atoms with Crippen LogP contribution in [0.4, 0.5) is 0 Å². The van der Waals surface area contributed by atoms with Crippen molar-refractivity contribution >= 4 is 0 Å². The fourth-order valence-electron chi connectivity index (χ4n) is 1.86. The average Bonchev–Trinajstić information content (AvgIpc) is 2.79. The van der Waals surface area contributed by atoms with Gasteiger partial charge in [-0.05, 0) is 24.2 Å². The molecule has 0 aromatic carbocycles. The first-order valence-corrected chi connectivity index (χ1v) is 4.99. The molecule has 1 rings (SSSR count). The maximum Gasteiger partial charge on any atom is 0.0770 e. The number of ether oxygens (including phenoxy) is 1. The molecule has 3 nitrogen and oxygen atoms in total. The van der Waals surface area contributed by atoms with Crippen LogP contribution in [0.5, 0.6) is 0 Å². The van der Waals surface area contributed by atoms with Crippen molar-refractivity contribution in [3.05, 3.63) is 0 Å². The monoisotopic (exact) mass is 186 g/mol. The number of nitrogens with one attached hydrogen (secondary N) is 1. The molecule has 0 radical (unpaired) electrons. The second kappa shape index (κ2) is 3.95. The molecule has 3 N–H and O–H groups in total. The largest absolute Gasteiger partial charge is 0.379 e. The van der Waals surface area contributed by atoms with E-state index in [0.717, 1.165) is 0 Å². The van der Waals surface area contributed by atoms with Gasteiger partial charge < -0.3 is 4.74 Å². The molecular formula is C10H22N2O. The Morgan fingerprint density at radius 2 is 1.92 bits per heavy atom. The molecule has 1 saturated carbocycles. The lowest BCUT2D eigenvalue weighted by atomic mass is 9.82. The average molecular weight is 186 g/mol. The molecule has 78 valence electrons. The number of nitrogens with two attached hydrogens (primary N) is 1. The van der Waals surface area contributed by atoms with E-state index in [1.54, 1.807) is 7.11 Å². The van der Waals surface area contributed by atoms with Gasteiger partial charge in [-0.3, -0.25) is 11.3 Å². The number of hydrogen-bond acceptors (Lipinski definition) is 3. The molecule has 0 amide bonds. The summed E-state index contributed by atoms with van der Waals surface area (Å²) in [6.45, 7) is 6.56. The lowest BCUT2D eigenvalue weighted by Crippen LogP contribution is -2.53. The van der Waals surface area contributed by atoms with Crippen molar-refractivity contribution in [3.63, 3.8) is 0 Å². The van der Waals surface area contributed by atoms with E-state index < -0.39 is 0 Å². The van der Waals surface area contributed by atoms with Crippen LogP contribution in [-0.4, -0.2) is 19.3 Å². The van der Waals surface area contributed by atoms with Crippen molar-refractivity contribution in [2.75, 3.05) is 7.11 Å². The van der Waals surface area contributed by atoms with Crippen LogP contribution in [0.2, 0.25) is 0 Å². The maximum absolute atomic E-state index is 5.57. The summed E-state index contributed by atoms with van der Waals surface area (Å²) < 4.78 is 5.51. The molecule has 0 aromatic heterocycles. The summed E-state index contributed by atoms with van der Waals surface area (Å²) in [4.78, 5) is 0. The van der Waals surface area contributed by atoms with Crippen molar-refractivity contribution < 1.29 is 4.74 Å². The third-order valence-corrected chi connectivity index (χ3v) is 2.80. The molecule has 1 fully saturated rings. The first-order chi connectivity index (χ1) is 6.00. The van der Waals surface area contributed by atoms with Gasteiger partial charge in [0.1, 0.15) is 0 Å². The van der Waals surface area contributed by atoms with Crippen LogP contribution in [0, 0.1) is 11.3 Å². The van der Waals surface area contributed by atoms with Crippen LogP contribution >= 0.6 is 0 Å². The standard InChI is InChI=1S/C10H22N2O/c1-10(2,3)9(12-11)8(13-4)7-5-6-7/h7-9,12H,5-6,11H2,1-4H3. The van der Waals surface area contributed by atoms with Gasteiger partial charge in [-0.1, -0.05) is 20.8 Å². The minimum absolute atomic E-state index is 0.151. The van der Waals surface area contributed by atoms with Gasteiger partial charge in [0.15, 0.2) is 0 Å². The fraction of sp³-hybridized carbons (Fsp3) is 1.00. The van der Waals surface area contributed by atoms with Crippen LogP contribution in [0.1, 0.15) is 33.6 Å². The van der Waals surface area contributed by atoms with Gasteiger partial charge >= 0.3 is 0 Å². The van der Waals surface area contributed by atoms with E-state index in [4.69, 9.17) is 10.6 Å². The summed E-state index contributed by atoms with van der Waals surface area (Å²) in [7, 11) is 1.78. The Bertz CT molecular complexity index is 161. The van der Waals surface area contributed by atoms with Crippen LogP contribution in [-0.2, 0) is 4.74 Å². The summed E-state index contributed by atoms with van der Waals surface area (Å²) >= 11 is 0. The topological polar surface area (TPSA) is 47.3 Å². The summed E-state index contributed by atoms with van der Waals surface area (Å²) in [5.41, 5.74) is 3.04. The molecule has 0 aliphatic heterocycles. The van der Waals surface area contributed by atoms with Crippen LogP contribution in [0.15, 0.2) is 0 Å². The molecule has 2 atom stereocenters. The van der Waals surface area contributed by atoms with E-state index in [1.165, 1.54) is 12.8 Å². The van der Waals surface area contributed by atoms with Crippen LogP contribution in [0.3, 0.4) is 0 Å². The molecule has 2 unspecified atom stereocenters. The Labute approximate surface area is 81.0 Å². The zero-order valence-electron chi connectivity index (χ0n) is 9.13. The molecule has 13 heavy (non-hydrogen) atoms. The van der Waals surface area contributed by atoms with Crippen LogP contribution in [0.25, 0.3) is 0 Å². The zero-order chi connectivity index (χ0) is 10.1. The number of hydrogen-bond donors (Lipinski definition) is 2. The second-order valence-electron chi connectivity index (χ2n) is 5.05. The summed E-state index contributed by atoms with van der Waals surface area (Å²) in [6.07, 6.45) is 2.84. The van der Waals surface area contributed by atoms with Gasteiger partial charge in [-0.15, -0.1) is 0 Å². The van der Waals surface area contributed by atoms with Crippen LogP contribution < -0.4 is 11.3 Å². The van der Waals surface area contributed by atoms with Gasteiger partial charge in [0.25, 0.3) is 0 Å². The Kier molecular flexibility index (Phi) is 3.33. The van der Waals surface area contributed by atoms with Gasteiger partial charge in [0.05, 0.1) is 12.1 Å². The third-order valence-electron chi connectivity index (χ3n) is 2.80. The Morgan fingerprint density at radius 1 is 1.38 bits per heavy atom. The highest BCUT2D eigenvalue weighted by Crippen LogP contribution is 2.39. The molecule has 3 heteroatoms. The SMILES string of the molecule is COC(C1CC1)C(NN)C(C)(C)C.